The zero-order valence-electron chi connectivity index (χ0n) is 16.9. The fraction of sp³-hybridized carbons (Fsp3) is 0.435. The van der Waals surface area contributed by atoms with Gasteiger partial charge in [-0.05, 0) is 54.9 Å². The summed E-state index contributed by atoms with van der Waals surface area (Å²) in [5, 5.41) is 9.60. The number of aliphatic hydroxyl groups excluding tert-OH is 1. The van der Waals surface area contributed by atoms with Crippen molar-refractivity contribution in [2.24, 2.45) is 11.7 Å². The van der Waals surface area contributed by atoms with Gasteiger partial charge in [0.05, 0.1) is 12.6 Å². The number of aliphatic hydroxyl groups is 1. The number of pyridine rings is 1. The van der Waals surface area contributed by atoms with E-state index in [9.17, 15) is 14.7 Å². The van der Waals surface area contributed by atoms with Crippen LogP contribution in [0.1, 0.15) is 48.2 Å². The Bertz CT molecular complexity index is 843. The first kappa shape index (κ1) is 21.1. The molecule has 154 valence electrons. The van der Waals surface area contributed by atoms with Crippen LogP contribution in [-0.4, -0.2) is 46.4 Å². The third-order valence-corrected chi connectivity index (χ3v) is 5.62. The normalized spacial score (nSPS) is 19.0. The Balaban J connectivity index is 1.64. The van der Waals surface area contributed by atoms with Crippen molar-refractivity contribution in [3.63, 3.8) is 0 Å². The van der Waals surface area contributed by atoms with E-state index in [4.69, 9.17) is 5.73 Å². The minimum atomic E-state index is -0.206. The van der Waals surface area contributed by atoms with E-state index in [1.54, 1.807) is 24.2 Å². The lowest BCUT2D eigenvalue weighted by molar-refractivity contribution is -0.128. The molecule has 1 fully saturated rings. The highest BCUT2D eigenvalue weighted by Crippen LogP contribution is 2.28. The van der Waals surface area contributed by atoms with Gasteiger partial charge in [0.25, 0.3) is 0 Å². The molecule has 2 aromatic rings. The predicted octanol–water partition coefficient (Wildman–Crippen LogP) is 2.79. The minimum absolute atomic E-state index is 0.00294. The van der Waals surface area contributed by atoms with Gasteiger partial charge in [0.15, 0.2) is 5.78 Å². The first-order chi connectivity index (χ1) is 14.0. The Kier molecular flexibility index (Phi) is 7.12. The van der Waals surface area contributed by atoms with Crippen molar-refractivity contribution in [3.8, 4) is 11.1 Å². The molecule has 0 unspecified atom stereocenters. The molecule has 6 nitrogen and oxygen atoms in total. The Morgan fingerprint density at radius 3 is 2.55 bits per heavy atom. The lowest BCUT2D eigenvalue weighted by Gasteiger charge is -2.24. The molecule has 29 heavy (non-hydrogen) atoms. The van der Waals surface area contributed by atoms with Gasteiger partial charge in [0.2, 0.25) is 5.91 Å². The number of rotatable bonds is 7. The van der Waals surface area contributed by atoms with E-state index in [-0.39, 0.29) is 24.3 Å². The van der Waals surface area contributed by atoms with Gasteiger partial charge in [-0.1, -0.05) is 24.3 Å². The number of likely N-dealkylation sites (N-methyl/N-ethyl adjacent to an activating group) is 1. The summed E-state index contributed by atoms with van der Waals surface area (Å²) >= 11 is 0. The Labute approximate surface area is 171 Å². The Hall–Kier alpha value is -2.57. The summed E-state index contributed by atoms with van der Waals surface area (Å²) in [4.78, 5) is 30.2. The molecule has 1 saturated carbocycles. The maximum atomic E-state index is 12.5. The summed E-state index contributed by atoms with van der Waals surface area (Å²) in [7, 11) is 1.73. The summed E-state index contributed by atoms with van der Waals surface area (Å²) in [6.07, 6.45) is 5.39. The van der Waals surface area contributed by atoms with E-state index in [0.29, 0.717) is 24.6 Å². The topological polar surface area (TPSA) is 96.5 Å². The quantitative estimate of drug-likeness (QED) is 0.703. The summed E-state index contributed by atoms with van der Waals surface area (Å²) in [6.45, 7) is 0.487. The maximum Gasteiger partial charge on any atom is 0.236 e. The van der Waals surface area contributed by atoms with Gasteiger partial charge in [-0.3, -0.25) is 14.6 Å². The monoisotopic (exact) mass is 395 g/mol. The number of carbonyl (C=O) groups is 2. The fourth-order valence-corrected chi connectivity index (χ4v) is 3.81. The number of amides is 1. The number of benzene rings is 1. The van der Waals surface area contributed by atoms with Crippen molar-refractivity contribution in [2.45, 2.75) is 44.8 Å². The van der Waals surface area contributed by atoms with Crippen LogP contribution in [0.5, 0.6) is 0 Å². The third kappa shape index (κ3) is 5.71. The van der Waals surface area contributed by atoms with E-state index in [2.05, 4.69) is 4.98 Å². The summed E-state index contributed by atoms with van der Waals surface area (Å²) in [5.41, 5.74) is 8.83. The lowest BCUT2D eigenvalue weighted by atomic mass is 9.84. The zero-order chi connectivity index (χ0) is 20.8. The largest absolute Gasteiger partial charge is 0.393 e. The molecule has 0 saturated heterocycles. The number of hydrogen-bond acceptors (Lipinski definition) is 5. The van der Waals surface area contributed by atoms with Crippen LogP contribution in [0.2, 0.25) is 0 Å². The molecule has 1 aromatic heterocycles. The number of carbonyl (C=O) groups excluding carboxylic acids is 2. The molecule has 6 heteroatoms. The van der Waals surface area contributed by atoms with Crippen LogP contribution < -0.4 is 5.73 Å². The van der Waals surface area contributed by atoms with Gasteiger partial charge in [-0.15, -0.1) is 0 Å². The van der Waals surface area contributed by atoms with Gasteiger partial charge < -0.3 is 15.7 Å². The molecule has 1 heterocycles. The van der Waals surface area contributed by atoms with Gasteiger partial charge in [-0.25, -0.2) is 0 Å². The summed E-state index contributed by atoms with van der Waals surface area (Å²) < 4.78 is 0. The number of Topliss-reactive ketones (excluding diaryl/α,β-unsaturated/α-hetero) is 1. The van der Waals surface area contributed by atoms with Gasteiger partial charge >= 0.3 is 0 Å². The average Bonchev–Trinajstić information content (AvgIpc) is 2.75. The maximum absolute atomic E-state index is 12.5. The number of ketones is 1. The number of hydrogen-bond donors (Lipinski definition) is 2. The first-order valence-electron chi connectivity index (χ1n) is 10.2. The molecular weight excluding hydrogens is 366 g/mol. The fourth-order valence-electron chi connectivity index (χ4n) is 3.81. The van der Waals surface area contributed by atoms with Crippen molar-refractivity contribution in [3.05, 3.63) is 53.9 Å². The highest BCUT2D eigenvalue weighted by atomic mass is 16.3. The Morgan fingerprint density at radius 1 is 1.14 bits per heavy atom. The van der Waals surface area contributed by atoms with Crippen LogP contribution in [0.3, 0.4) is 0 Å². The van der Waals surface area contributed by atoms with Crippen molar-refractivity contribution < 1.29 is 14.7 Å². The van der Waals surface area contributed by atoms with Crippen LogP contribution in [0.15, 0.2) is 42.6 Å². The SMILES string of the molecule is CN(Cc1cccc(-c2ccc(C(=O)CC3CCC(O)CC3)nc2)c1)C(=O)CN. The van der Waals surface area contributed by atoms with Gasteiger partial charge in [0, 0.05) is 31.8 Å². The highest BCUT2D eigenvalue weighted by Gasteiger charge is 2.22. The van der Waals surface area contributed by atoms with Gasteiger partial charge in [-0.2, -0.15) is 0 Å². The van der Waals surface area contributed by atoms with Crippen LogP contribution in [-0.2, 0) is 11.3 Å². The average molecular weight is 396 g/mol. The summed E-state index contributed by atoms with van der Waals surface area (Å²) in [5.74, 6) is 0.304. The van der Waals surface area contributed by atoms with Crippen molar-refractivity contribution in [2.75, 3.05) is 13.6 Å². The third-order valence-electron chi connectivity index (χ3n) is 5.62. The van der Waals surface area contributed by atoms with Crippen molar-refractivity contribution >= 4 is 11.7 Å². The number of nitrogens with two attached hydrogens (primary N) is 1. The van der Waals surface area contributed by atoms with Crippen molar-refractivity contribution in [1.82, 2.24) is 9.88 Å². The van der Waals surface area contributed by atoms with Crippen LogP contribution in [0.4, 0.5) is 0 Å². The minimum Gasteiger partial charge on any atom is -0.393 e. The molecule has 1 aromatic carbocycles. The van der Waals surface area contributed by atoms with E-state index in [0.717, 1.165) is 42.4 Å². The molecule has 0 aliphatic heterocycles. The standard InChI is InChI=1S/C23H29N3O3/c1-26(23(29)13-24)15-17-3-2-4-18(11-17)19-7-10-21(25-14-19)22(28)12-16-5-8-20(27)9-6-16/h2-4,7,10-11,14,16,20,27H,5-6,8-9,12-13,15,24H2,1H3. The van der Waals surface area contributed by atoms with E-state index < -0.39 is 0 Å². The molecule has 0 radical (unpaired) electrons. The first-order valence-corrected chi connectivity index (χ1v) is 10.2. The molecule has 1 aliphatic rings. The van der Waals surface area contributed by atoms with Crippen LogP contribution >= 0.6 is 0 Å². The molecule has 1 amide bonds. The van der Waals surface area contributed by atoms with E-state index in [1.807, 2.05) is 30.3 Å². The molecule has 0 spiro atoms. The highest BCUT2D eigenvalue weighted by molar-refractivity contribution is 5.94. The van der Waals surface area contributed by atoms with E-state index >= 15 is 0 Å². The molecule has 3 rings (SSSR count). The molecule has 0 atom stereocenters. The van der Waals surface area contributed by atoms with Gasteiger partial charge in [0.1, 0.15) is 5.69 Å². The number of nitrogens with zero attached hydrogens (tertiary/aromatic N) is 2. The molecule has 3 N–H and O–H groups in total. The summed E-state index contributed by atoms with van der Waals surface area (Å²) in [6, 6.07) is 11.6. The van der Waals surface area contributed by atoms with Crippen molar-refractivity contribution in [1.29, 1.82) is 0 Å². The van der Waals surface area contributed by atoms with Crippen LogP contribution in [0.25, 0.3) is 11.1 Å². The second kappa shape index (κ2) is 9.76. The second-order valence-corrected chi connectivity index (χ2v) is 7.89. The van der Waals surface area contributed by atoms with Crippen LogP contribution in [0, 0.1) is 5.92 Å². The number of aromatic nitrogens is 1. The Morgan fingerprint density at radius 2 is 1.90 bits per heavy atom. The predicted molar refractivity (Wildman–Crippen MR) is 112 cm³/mol. The second-order valence-electron chi connectivity index (χ2n) is 7.89. The zero-order valence-corrected chi connectivity index (χ0v) is 16.9. The molecule has 0 bridgehead atoms. The van der Waals surface area contributed by atoms with E-state index in [1.165, 1.54) is 0 Å². The molecule has 1 aliphatic carbocycles. The lowest BCUT2D eigenvalue weighted by Crippen LogP contribution is -2.32. The molecular formula is C23H29N3O3. The smallest absolute Gasteiger partial charge is 0.236 e.